The molecule has 106 valence electrons. The molecule has 4 nitrogen and oxygen atoms in total. The highest BCUT2D eigenvalue weighted by molar-refractivity contribution is 5.89. The fourth-order valence-corrected chi connectivity index (χ4v) is 2.53. The van der Waals surface area contributed by atoms with Crippen molar-refractivity contribution >= 4 is 10.9 Å². The van der Waals surface area contributed by atoms with Gasteiger partial charge in [-0.2, -0.15) is 0 Å². The number of phenols is 1. The Hall–Kier alpha value is -2.75. The quantitative estimate of drug-likeness (QED) is 0.785. The van der Waals surface area contributed by atoms with Crippen LogP contribution in [0.25, 0.3) is 22.2 Å². The van der Waals surface area contributed by atoms with Crippen LogP contribution in [0.3, 0.4) is 0 Å². The van der Waals surface area contributed by atoms with E-state index in [1.165, 1.54) is 13.2 Å². The van der Waals surface area contributed by atoms with Crippen molar-refractivity contribution in [2.24, 2.45) is 7.05 Å². The molecule has 1 heterocycles. The van der Waals surface area contributed by atoms with Crippen LogP contribution in [0.15, 0.2) is 53.3 Å². The number of aryl methyl sites for hydroxylation is 1. The smallest absolute Gasteiger partial charge is 0.193 e. The topological polar surface area (TPSA) is 51.5 Å². The number of rotatable bonds is 2. The molecule has 3 rings (SSSR count). The molecule has 21 heavy (non-hydrogen) atoms. The van der Waals surface area contributed by atoms with Gasteiger partial charge in [0.1, 0.15) is 11.5 Å². The SMILES string of the molecule is COc1cc(O)c2c(=O)cc(-c3ccccc3)n(C)c2c1. The molecule has 0 saturated heterocycles. The molecule has 0 saturated carbocycles. The third-order valence-corrected chi connectivity index (χ3v) is 3.61. The molecule has 2 aromatic carbocycles. The van der Waals surface area contributed by atoms with E-state index in [0.717, 1.165) is 11.3 Å². The van der Waals surface area contributed by atoms with Crippen molar-refractivity contribution in [1.82, 2.24) is 4.57 Å². The number of ether oxygens (including phenoxy) is 1. The lowest BCUT2D eigenvalue weighted by Gasteiger charge is -2.14. The van der Waals surface area contributed by atoms with E-state index in [9.17, 15) is 9.90 Å². The number of hydrogen-bond acceptors (Lipinski definition) is 3. The molecule has 0 aliphatic heterocycles. The third-order valence-electron chi connectivity index (χ3n) is 3.61. The van der Waals surface area contributed by atoms with Gasteiger partial charge in [-0.05, 0) is 5.56 Å². The zero-order valence-corrected chi connectivity index (χ0v) is 11.8. The van der Waals surface area contributed by atoms with Gasteiger partial charge in [0.15, 0.2) is 5.43 Å². The van der Waals surface area contributed by atoms with Gasteiger partial charge >= 0.3 is 0 Å². The van der Waals surface area contributed by atoms with Gasteiger partial charge in [0.2, 0.25) is 0 Å². The summed E-state index contributed by atoms with van der Waals surface area (Å²) in [5.41, 5.74) is 2.17. The van der Waals surface area contributed by atoms with Crippen molar-refractivity contribution in [3.05, 3.63) is 58.8 Å². The Morgan fingerprint density at radius 3 is 2.48 bits per heavy atom. The van der Waals surface area contributed by atoms with Crippen LogP contribution in [0.5, 0.6) is 11.5 Å². The molecule has 0 spiro atoms. The second kappa shape index (κ2) is 4.98. The number of aromatic nitrogens is 1. The maximum atomic E-state index is 12.3. The van der Waals surface area contributed by atoms with Crippen LogP contribution in [0.2, 0.25) is 0 Å². The Balaban J connectivity index is 2.41. The summed E-state index contributed by atoms with van der Waals surface area (Å²) in [6, 6.07) is 14.4. The maximum Gasteiger partial charge on any atom is 0.193 e. The van der Waals surface area contributed by atoms with Crippen molar-refractivity contribution in [3.63, 3.8) is 0 Å². The van der Waals surface area contributed by atoms with Gasteiger partial charge in [-0.1, -0.05) is 30.3 Å². The predicted octanol–water partition coefficient (Wildman–Crippen LogP) is 2.92. The molecule has 0 fully saturated rings. The minimum absolute atomic E-state index is 0.0652. The summed E-state index contributed by atoms with van der Waals surface area (Å²) in [6.07, 6.45) is 0. The minimum Gasteiger partial charge on any atom is -0.507 e. The molecule has 4 heteroatoms. The van der Waals surface area contributed by atoms with E-state index in [1.54, 1.807) is 12.1 Å². The number of hydrogen-bond donors (Lipinski definition) is 1. The van der Waals surface area contributed by atoms with Gasteiger partial charge in [0.25, 0.3) is 0 Å². The van der Waals surface area contributed by atoms with Crippen molar-refractivity contribution in [3.8, 4) is 22.8 Å². The summed E-state index contributed by atoms with van der Waals surface area (Å²) in [7, 11) is 3.39. The van der Waals surface area contributed by atoms with Gasteiger partial charge in [0.05, 0.1) is 23.7 Å². The van der Waals surface area contributed by atoms with Crippen LogP contribution in [-0.2, 0) is 7.05 Å². The number of aromatic hydroxyl groups is 1. The standard InChI is InChI=1S/C17H15NO3/c1-18-13(11-6-4-3-5-7-11)10-16(20)17-14(18)8-12(21-2)9-15(17)19/h3-10,19H,1-2H3. The summed E-state index contributed by atoms with van der Waals surface area (Å²) in [6.45, 7) is 0. The molecule has 0 radical (unpaired) electrons. The zero-order chi connectivity index (χ0) is 15.0. The van der Waals surface area contributed by atoms with Crippen LogP contribution in [-0.4, -0.2) is 16.8 Å². The van der Waals surface area contributed by atoms with E-state index in [1.807, 2.05) is 41.9 Å². The summed E-state index contributed by atoms with van der Waals surface area (Å²) >= 11 is 0. The highest BCUT2D eigenvalue weighted by Crippen LogP contribution is 2.30. The van der Waals surface area contributed by atoms with Crippen molar-refractivity contribution < 1.29 is 9.84 Å². The minimum atomic E-state index is -0.206. The Morgan fingerprint density at radius 1 is 1.10 bits per heavy atom. The fraction of sp³-hybridized carbons (Fsp3) is 0.118. The third kappa shape index (κ3) is 2.14. The van der Waals surface area contributed by atoms with Gasteiger partial charge in [-0.3, -0.25) is 4.79 Å². The number of phenolic OH excluding ortho intramolecular Hbond substituents is 1. The first-order valence-electron chi connectivity index (χ1n) is 6.58. The molecule has 0 amide bonds. The number of fused-ring (bicyclic) bond motifs is 1. The molecule has 0 atom stereocenters. The van der Waals surface area contributed by atoms with Gasteiger partial charge in [-0.15, -0.1) is 0 Å². The van der Waals surface area contributed by atoms with E-state index < -0.39 is 0 Å². The number of benzene rings is 2. The average Bonchev–Trinajstić information content (AvgIpc) is 2.51. The average molecular weight is 281 g/mol. The van der Waals surface area contributed by atoms with Crippen LogP contribution in [0, 0.1) is 0 Å². The molecule has 0 bridgehead atoms. The summed E-state index contributed by atoms with van der Waals surface area (Å²) in [5, 5.41) is 10.4. The summed E-state index contributed by atoms with van der Waals surface area (Å²) in [4.78, 5) is 12.3. The first-order chi connectivity index (χ1) is 10.1. The molecule has 3 aromatic rings. The second-order valence-electron chi connectivity index (χ2n) is 4.86. The van der Waals surface area contributed by atoms with Gasteiger partial charge in [-0.25, -0.2) is 0 Å². The van der Waals surface area contributed by atoms with Crippen molar-refractivity contribution in [1.29, 1.82) is 0 Å². The molecule has 0 unspecified atom stereocenters. The highest BCUT2D eigenvalue weighted by atomic mass is 16.5. The lowest BCUT2D eigenvalue weighted by molar-refractivity contribution is 0.409. The second-order valence-corrected chi connectivity index (χ2v) is 4.86. The highest BCUT2D eigenvalue weighted by Gasteiger charge is 2.13. The Labute approximate surface area is 121 Å². The predicted molar refractivity (Wildman–Crippen MR) is 82.8 cm³/mol. The summed E-state index contributed by atoms with van der Waals surface area (Å²) < 4.78 is 7.05. The molecule has 1 aromatic heterocycles. The van der Waals surface area contributed by atoms with E-state index in [-0.39, 0.29) is 11.2 Å². The fourth-order valence-electron chi connectivity index (χ4n) is 2.53. The molecule has 0 aliphatic carbocycles. The molecule has 1 N–H and O–H groups in total. The Kier molecular flexibility index (Phi) is 3.14. The first-order valence-corrected chi connectivity index (χ1v) is 6.58. The molecule has 0 aliphatic rings. The van der Waals surface area contributed by atoms with Crippen LogP contribution in [0.4, 0.5) is 0 Å². The molecular weight excluding hydrogens is 266 g/mol. The maximum absolute atomic E-state index is 12.3. The van der Waals surface area contributed by atoms with Crippen molar-refractivity contribution in [2.75, 3.05) is 7.11 Å². The van der Waals surface area contributed by atoms with E-state index >= 15 is 0 Å². The lowest BCUT2D eigenvalue weighted by Crippen LogP contribution is -2.09. The molecular formula is C17H15NO3. The van der Waals surface area contributed by atoms with E-state index in [2.05, 4.69) is 0 Å². The lowest BCUT2D eigenvalue weighted by atomic mass is 10.1. The van der Waals surface area contributed by atoms with Gasteiger partial charge < -0.3 is 14.4 Å². The first kappa shape index (κ1) is 13.2. The van der Waals surface area contributed by atoms with E-state index in [4.69, 9.17) is 4.74 Å². The van der Waals surface area contributed by atoms with E-state index in [0.29, 0.717) is 16.7 Å². The Morgan fingerprint density at radius 2 is 1.81 bits per heavy atom. The monoisotopic (exact) mass is 281 g/mol. The van der Waals surface area contributed by atoms with Crippen LogP contribution < -0.4 is 10.2 Å². The van der Waals surface area contributed by atoms with Crippen LogP contribution in [0.1, 0.15) is 0 Å². The summed E-state index contributed by atoms with van der Waals surface area (Å²) in [5.74, 6) is 0.449. The Bertz CT molecular complexity index is 867. The van der Waals surface area contributed by atoms with Gasteiger partial charge in [0, 0.05) is 25.2 Å². The number of methoxy groups -OCH3 is 1. The van der Waals surface area contributed by atoms with Crippen LogP contribution >= 0.6 is 0 Å². The zero-order valence-electron chi connectivity index (χ0n) is 11.8. The normalized spacial score (nSPS) is 10.8. The number of nitrogens with zero attached hydrogens (tertiary/aromatic N) is 1. The number of pyridine rings is 1. The van der Waals surface area contributed by atoms with Crippen molar-refractivity contribution in [2.45, 2.75) is 0 Å². The largest absolute Gasteiger partial charge is 0.507 e.